The third-order valence-electron chi connectivity index (χ3n) is 2.77. The molecule has 0 spiro atoms. The van der Waals surface area contributed by atoms with Gasteiger partial charge >= 0.3 is 5.97 Å². The van der Waals surface area contributed by atoms with E-state index < -0.39 is 0 Å². The Morgan fingerprint density at radius 1 is 1.25 bits per heavy atom. The maximum atomic E-state index is 11.0. The van der Waals surface area contributed by atoms with E-state index in [0.29, 0.717) is 6.61 Å². The predicted octanol–water partition coefficient (Wildman–Crippen LogP) is 3.36. The second-order valence-corrected chi connectivity index (χ2v) is 4.61. The molecule has 0 amide bonds. The van der Waals surface area contributed by atoms with Gasteiger partial charge in [0.15, 0.2) is 0 Å². The van der Waals surface area contributed by atoms with Crippen molar-refractivity contribution in [3.05, 3.63) is 35.9 Å². The minimum Gasteiger partial charge on any atom is -0.491 e. The van der Waals surface area contributed by atoms with Gasteiger partial charge in [0, 0.05) is 6.08 Å². The molecule has 0 aliphatic rings. The monoisotopic (exact) mass is 278 g/mol. The molecule has 1 aromatic carbocycles. The largest absolute Gasteiger partial charge is 0.491 e. The van der Waals surface area contributed by atoms with E-state index in [9.17, 15) is 4.79 Å². The average molecular weight is 278 g/mol. The summed E-state index contributed by atoms with van der Waals surface area (Å²) in [4.78, 5) is 11.0. The van der Waals surface area contributed by atoms with Crippen LogP contribution in [0.2, 0.25) is 0 Å². The van der Waals surface area contributed by atoms with Gasteiger partial charge in [0.2, 0.25) is 0 Å². The van der Waals surface area contributed by atoms with Crippen LogP contribution in [-0.4, -0.2) is 25.8 Å². The van der Waals surface area contributed by atoms with E-state index >= 15 is 0 Å². The van der Waals surface area contributed by atoms with E-state index in [1.54, 1.807) is 0 Å². The molecule has 1 unspecified atom stereocenters. The molecule has 4 heteroatoms. The van der Waals surface area contributed by atoms with E-state index in [-0.39, 0.29) is 12.1 Å². The highest BCUT2D eigenvalue weighted by Gasteiger charge is 2.02. The molecule has 0 saturated carbocycles. The van der Waals surface area contributed by atoms with Crippen LogP contribution >= 0.6 is 0 Å². The third kappa shape index (κ3) is 5.78. The molecule has 0 aliphatic heterocycles. The Labute approximate surface area is 120 Å². The molecule has 1 aromatic rings. The maximum absolute atomic E-state index is 11.0. The Bertz CT molecular complexity index is 448. The lowest BCUT2D eigenvalue weighted by Crippen LogP contribution is -2.09. The van der Waals surface area contributed by atoms with Crippen molar-refractivity contribution in [1.82, 2.24) is 0 Å². The normalized spacial score (nSPS) is 12.7. The highest BCUT2D eigenvalue weighted by molar-refractivity contribution is 5.82. The number of carbonyl (C=O) groups excluding carboxylic acids is 1. The van der Waals surface area contributed by atoms with Gasteiger partial charge in [0.1, 0.15) is 18.1 Å². The minimum atomic E-state index is -0.372. The number of hydrogen-bond donors (Lipinski definition) is 0. The standard InChI is InChI=1S/C16H22O4/c1-5-13(3)20-15-8-6-14(7-9-15)19-11-12(2)10-16(17)18-4/h6-10,13H,5,11H2,1-4H3/b12-10+. The van der Waals surface area contributed by atoms with Crippen LogP contribution in [0.4, 0.5) is 0 Å². The zero-order valence-electron chi connectivity index (χ0n) is 12.5. The molecule has 0 fully saturated rings. The molecule has 1 rings (SSSR count). The fraction of sp³-hybridized carbons (Fsp3) is 0.438. The van der Waals surface area contributed by atoms with Crippen LogP contribution in [0.1, 0.15) is 27.2 Å². The summed E-state index contributed by atoms with van der Waals surface area (Å²) in [5.74, 6) is 1.19. The first-order valence-electron chi connectivity index (χ1n) is 6.69. The number of benzene rings is 1. The molecule has 0 radical (unpaired) electrons. The summed E-state index contributed by atoms with van der Waals surface area (Å²) in [5, 5.41) is 0. The number of methoxy groups -OCH3 is 1. The first-order valence-corrected chi connectivity index (χ1v) is 6.69. The quantitative estimate of drug-likeness (QED) is 0.566. The predicted molar refractivity (Wildman–Crippen MR) is 78.1 cm³/mol. The number of carbonyl (C=O) groups is 1. The molecular weight excluding hydrogens is 256 g/mol. The van der Waals surface area contributed by atoms with Crippen LogP contribution in [-0.2, 0) is 9.53 Å². The van der Waals surface area contributed by atoms with E-state index in [2.05, 4.69) is 11.7 Å². The first-order chi connectivity index (χ1) is 9.55. The summed E-state index contributed by atoms with van der Waals surface area (Å²) < 4.78 is 15.8. The Morgan fingerprint density at radius 3 is 2.40 bits per heavy atom. The van der Waals surface area contributed by atoms with E-state index in [1.807, 2.05) is 38.1 Å². The molecule has 0 aliphatic carbocycles. The first kappa shape index (κ1) is 16.1. The van der Waals surface area contributed by atoms with Crippen LogP contribution in [0.3, 0.4) is 0 Å². The molecule has 110 valence electrons. The maximum Gasteiger partial charge on any atom is 0.330 e. The number of ether oxygens (including phenoxy) is 3. The molecule has 0 saturated heterocycles. The van der Waals surface area contributed by atoms with Crippen LogP contribution in [0.25, 0.3) is 0 Å². The Hall–Kier alpha value is -1.97. The van der Waals surface area contributed by atoms with Crippen molar-refractivity contribution in [3.63, 3.8) is 0 Å². The Morgan fingerprint density at radius 2 is 1.85 bits per heavy atom. The molecule has 4 nitrogen and oxygen atoms in total. The van der Waals surface area contributed by atoms with Gasteiger partial charge in [-0.3, -0.25) is 0 Å². The summed E-state index contributed by atoms with van der Waals surface area (Å²) in [7, 11) is 1.35. The van der Waals surface area contributed by atoms with Crippen LogP contribution in [0.15, 0.2) is 35.9 Å². The van der Waals surface area contributed by atoms with Crippen molar-refractivity contribution in [2.75, 3.05) is 13.7 Å². The van der Waals surface area contributed by atoms with Crippen LogP contribution in [0.5, 0.6) is 11.5 Å². The Balaban J connectivity index is 2.49. The summed E-state index contributed by atoms with van der Waals surface area (Å²) in [6.45, 7) is 6.28. The Kier molecular flexibility index (Phi) is 6.64. The zero-order valence-corrected chi connectivity index (χ0v) is 12.5. The minimum absolute atomic E-state index is 0.201. The van der Waals surface area contributed by atoms with Gasteiger partial charge in [-0.1, -0.05) is 6.92 Å². The molecular formula is C16H22O4. The summed E-state index contributed by atoms with van der Waals surface area (Å²) in [6.07, 6.45) is 2.59. The van der Waals surface area contributed by atoms with Crippen molar-refractivity contribution in [2.45, 2.75) is 33.3 Å². The van der Waals surface area contributed by atoms with Crippen molar-refractivity contribution < 1.29 is 19.0 Å². The molecule has 0 heterocycles. The van der Waals surface area contributed by atoms with Gasteiger partial charge in [0.25, 0.3) is 0 Å². The van der Waals surface area contributed by atoms with Crippen molar-refractivity contribution in [1.29, 1.82) is 0 Å². The second kappa shape index (κ2) is 8.25. The van der Waals surface area contributed by atoms with Gasteiger partial charge < -0.3 is 14.2 Å². The van der Waals surface area contributed by atoms with Gasteiger partial charge in [-0.25, -0.2) is 4.79 Å². The molecule has 0 bridgehead atoms. The van der Waals surface area contributed by atoms with E-state index in [4.69, 9.17) is 9.47 Å². The van der Waals surface area contributed by atoms with Crippen molar-refractivity contribution in [2.24, 2.45) is 0 Å². The average Bonchev–Trinajstić information content (AvgIpc) is 2.46. The fourth-order valence-corrected chi connectivity index (χ4v) is 1.43. The fourth-order valence-electron chi connectivity index (χ4n) is 1.43. The van der Waals surface area contributed by atoms with Crippen LogP contribution < -0.4 is 9.47 Å². The van der Waals surface area contributed by atoms with Gasteiger partial charge in [-0.15, -0.1) is 0 Å². The SMILES string of the molecule is CCC(C)Oc1ccc(OC/C(C)=C/C(=O)OC)cc1. The van der Waals surface area contributed by atoms with Crippen molar-refractivity contribution in [3.8, 4) is 11.5 Å². The lowest BCUT2D eigenvalue weighted by atomic mass is 10.3. The highest BCUT2D eigenvalue weighted by Crippen LogP contribution is 2.19. The lowest BCUT2D eigenvalue weighted by molar-refractivity contribution is -0.134. The third-order valence-corrected chi connectivity index (χ3v) is 2.77. The zero-order chi connectivity index (χ0) is 15.0. The number of rotatable bonds is 7. The smallest absolute Gasteiger partial charge is 0.330 e. The summed E-state index contributed by atoms with van der Waals surface area (Å²) in [6, 6.07) is 7.45. The van der Waals surface area contributed by atoms with Crippen molar-refractivity contribution >= 4 is 5.97 Å². The summed E-state index contributed by atoms with van der Waals surface area (Å²) >= 11 is 0. The van der Waals surface area contributed by atoms with Gasteiger partial charge in [-0.05, 0) is 50.1 Å². The lowest BCUT2D eigenvalue weighted by Gasteiger charge is -2.13. The topological polar surface area (TPSA) is 44.8 Å². The second-order valence-electron chi connectivity index (χ2n) is 4.61. The molecule has 0 aromatic heterocycles. The van der Waals surface area contributed by atoms with E-state index in [0.717, 1.165) is 23.5 Å². The summed E-state index contributed by atoms with van der Waals surface area (Å²) in [5.41, 5.74) is 0.803. The number of esters is 1. The van der Waals surface area contributed by atoms with E-state index in [1.165, 1.54) is 13.2 Å². The highest BCUT2D eigenvalue weighted by atomic mass is 16.5. The van der Waals surface area contributed by atoms with Crippen LogP contribution in [0, 0.1) is 0 Å². The van der Waals surface area contributed by atoms with Gasteiger partial charge in [0.05, 0.1) is 13.2 Å². The molecule has 20 heavy (non-hydrogen) atoms. The molecule has 0 N–H and O–H groups in total. The molecule has 1 atom stereocenters. The number of hydrogen-bond acceptors (Lipinski definition) is 4. The van der Waals surface area contributed by atoms with Gasteiger partial charge in [-0.2, -0.15) is 0 Å².